The predicted octanol–water partition coefficient (Wildman–Crippen LogP) is 1.84. The van der Waals surface area contributed by atoms with Crippen molar-refractivity contribution in [2.75, 3.05) is 0 Å². The van der Waals surface area contributed by atoms with E-state index in [1.54, 1.807) is 6.92 Å². The van der Waals surface area contributed by atoms with Crippen LogP contribution in [0.1, 0.15) is 12.5 Å². The molecule has 0 aromatic heterocycles. The Labute approximate surface area is 99.7 Å². The van der Waals surface area contributed by atoms with Gasteiger partial charge in [-0.1, -0.05) is 42.5 Å². The zero-order valence-electron chi connectivity index (χ0n) is 8.96. The molecular formula is C11H14N2O2S. The van der Waals surface area contributed by atoms with Crippen molar-refractivity contribution in [2.24, 2.45) is 5.73 Å². The van der Waals surface area contributed by atoms with Gasteiger partial charge in [-0.2, -0.15) is 0 Å². The lowest BCUT2D eigenvalue weighted by Crippen LogP contribution is -2.44. The summed E-state index contributed by atoms with van der Waals surface area (Å²) in [6.45, 7) is 1.97. The number of amides is 1. The Kier molecular flexibility index (Phi) is 4.25. The molecule has 0 spiro atoms. The summed E-state index contributed by atoms with van der Waals surface area (Å²) in [5.74, 6) is 0. The lowest BCUT2D eigenvalue weighted by Gasteiger charge is -2.25. The predicted molar refractivity (Wildman–Crippen MR) is 66.3 cm³/mol. The lowest BCUT2D eigenvalue weighted by molar-refractivity contribution is 0.137. The largest absolute Gasteiger partial charge is 0.465 e. The van der Waals surface area contributed by atoms with E-state index in [1.807, 2.05) is 30.3 Å². The van der Waals surface area contributed by atoms with Gasteiger partial charge in [-0.05, 0) is 12.5 Å². The van der Waals surface area contributed by atoms with E-state index in [4.69, 9.17) is 23.1 Å². The SMILES string of the molecule is C[C@@H](C(N)=S)N(Cc1ccccc1)C(=O)O. The van der Waals surface area contributed by atoms with Crippen molar-refractivity contribution in [3.63, 3.8) is 0 Å². The Morgan fingerprint density at radius 1 is 1.50 bits per heavy atom. The van der Waals surface area contributed by atoms with Gasteiger partial charge in [0, 0.05) is 6.54 Å². The molecule has 0 fully saturated rings. The van der Waals surface area contributed by atoms with Crippen molar-refractivity contribution < 1.29 is 9.90 Å². The van der Waals surface area contributed by atoms with E-state index in [-0.39, 0.29) is 11.5 Å². The molecule has 86 valence electrons. The number of carbonyl (C=O) groups is 1. The van der Waals surface area contributed by atoms with Crippen molar-refractivity contribution in [2.45, 2.75) is 19.5 Å². The monoisotopic (exact) mass is 238 g/mol. The van der Waals surface area contributed by atoms with Gasteiger partial charge in [0.1, 0.15) is 0 Å². The maximum absolute atomic E-state index is 11.1. The highest BCUT2D eigenvalue weighted by molar-refractivity contribution is 7.80. The molecule has 0 aliphatic heterocycles. The summed E-state index contributed by atoms with van der Waals surface area (Å²) in [4.78, 5) is 12.5. The molecule has 1 aromatic rings. The molecule has 1 rings (SSSR count). The molecule has 0 aliphatic carbocycles. The average Bonchev–Trinajstić information content (AvgIpc) is 2.26. The molecule has 0 radical (unpaired) electrons. The van der Waals surface area contributed by atoms with E-state index in [0.29, 0.717) is 0 Å². The van der Waals surface area contributed by atoms with Gasteiger partial charge in [0.05, 0.1) is 11.0 Å². The van der Waals surface area contributed by atoms with Crippen LogP contribution >= 0.6 is 12.2 Å². The number of nitrogens with zero attached hydrogens (tertiary/aromatic N) is 1. The van der Waals surface area contributed by atoms with Crippen molar-refractivity contribution in [1.29, 1.82) is 0 Å². The maximum atomic E-state index is 11.1. The first kappa shape index (κ1) is 12.4. The van der Waals surface area contributed by atoms with Gasteiger partial charge in [-0.25, -0.2) is 4.79 Å². The third-order valence-corrected chi connectivity index (χ3v) is 2.66. The van der Waals surface area contributed by atoms with Crippen LogP contribution in [0.2, 0.25) is 0 Å². The van der Waals surface area contributed by atoms with Gasteiger partial charge in [0.2, 0.25) is 0 Å². The molecular weight excluding hydrogens is 224 g/mol. The number of rotatable bonds is 4. The summed E-state index contributed by atoms with van der Waals surface area (Å²) < 4.78 is 0. The van der Waals surface area contributed by atoms with Crippen molar-refractivity contribution in [3.8, 4) is 0 Å². The van der Waals surface area contributed by atoms with E-state index in [9.17, 15) is 4.79 Å². The first-order chi connectivity index (χ1) is 7.52. The summed E-state index contributed by atoms with van der Waals surface area (Å²) >= 11 is 4.80. The van der Waals surface area contributed by atoms with Crippen LogP contribution in [0.15, 0.2) is 30.3 Å². The molecule has 16 heavy (non-hydrogen) atoms. The van der Waals surface area contributed by atoms with E-state index >= 15 is 0 Å². The molecule has 1 amide bonds. The van der Waals surface area contributed by atoms with Gasteiger partial charge in [-0.15, -0.1) is 0 Å². The molecule has 0 saturated heterocycles. The summed E-state index contributed by atoms with van der Waals surface area (Å²) in [5.41, 5.74) is 6.36. The first-order valence-corrected chi connectivity index (χ1v) is 5.26. The van der Waals surface area contributed by atoms with Crippen LogP contribution in [0.25, 0.3) is 0 Å². The van der Waals surface area contributed by atoms with Gasteiger partial charge in [0.15, 0.2) is 0 Å². The number of carboxylic acid groups (broad SMARTS) is 1. The lowest BCUT2D eigenvalue weighted by atomic mass is 10.2. The standard InChI is InChI=1S/C11H14N2O2S/c1-8(10(12)16)13(11(14)15)7-9-5-3-2-4-6-9/h2-6,8H,7H2,1H3,(H2,12,16)(H,14,15)/t8-/m0/s1. The molecule has 0 aliphatic rings. The Morgan fingerprint density at radius 3 is 2.50 bits per heavy atom. The number of nitrogens with two attached hydrogens (primary N) is 1. The fourth-order valence-corrected chi connectivity index (χ4v) is 1.43. The van der Waals surface area contributed by atoms with Crippen LogP contribution < -0.4 is 5.73 Å². The van der Waals surface area contributed by atoms with Crippen LogP contribution in [0.5, 0.6) is 0 Å². The van der Waals surface area contributed by atoms with E-state index in [0.717, 1.165) is 5.56 Å². The second kappa shape index (κ2) is 5.46. The summed E-state index contributed by atoms with van der Waals surface area (Å²) in [6.07, 6.45) is -1.02. The van der Waals surface area contributed by atoms with Crippen molar-refractivity contribution in [1.82, 2.24) is 4.90 Å². The molecule has 0 saturated carbocycles. The van der Waals surface area contributed by atoms with Gasteiger partial charge < -0.3 is 10.8 Å². The van der Waals surface area contributed by atoms with Crippen LogP contribution in [0.4, 0.5) is 4.79 Å². The number of hydrogen-bond acceptors (Lipinski definition) is 2. The zero-order chi connectivity index (χ0) is 12.1. The second-order valence-electron chi connectivity index (χ2n) is 3.47. The summed E-state index contributed by atoms with van der Waals surface area (Å²) in [6, 6.07) is 8.87. The molecule has 4 nitrogen and oxygen atoms in total. The third kappa shape index (κ3) is 3.20. The zero-order valence-corrected chi connectivity index (χ0v) is 9.78. The highest BCUT2D eigenvalue weighted by Crippen LogP contribution is 2.08. The molecule has 3 N–H and O–H groups in total. The smallest absolute Gasteiger partial charge is 0.408 e. The Hall–Kier alpha value is -1.62. The fraction of sp³-hybridized carbons (Fsp3) is 0.273. The van der Waals surface area contributed by atoms with Crippen LogP contribution in [-0.2, 0) is 6.54 Å². The quantitative estimate of drug-likeness (QED) is 0.785. The van der Waals surface area contributed by atoms with E-state index in [2.05, 4.69) is 0 Å². The summed E-state index contributed by atoms with van der Waals surface area (Å²) in [7, 11) is 0. The Bertz CT molecular complexity index is 381. The maximum Gasteiger partial charge on any atom is 0.408 e. The van der Waals surface area contributed by atoms with Gasteiger partial charge in [-0.3, -0.25) is 4.90 Å². The normalized spacial score (nSPS) is 11.8. The molecule has 0 bridgehead atoms. The van der Waals surface area contributed by atoms with Gasteiger partial charge >= 0.3 is 6.09 Å². The molecule has 0 unspecified atom stereocenters. The summed E-state index contributed by atoms with van der Waals surface area (Å²) in [5, 5.41) is 9.06. The molecule has 1 aromatic carbocycles. The topological polar surface area (TPSA) is 66.6 Å². The minimum Gasteiger partial charge on any atom is -0.465 e. The Morgan fingerprint density at radius 2 is 2.06 bits per heavy atom. The number of hydrogen-bond donors (Lipinski definition) is 2. The Balaban J connectivity index is 2.81. The second-order valence-corrected chi connectivity index (χ2v) is 3.95. The van der Waals surface area contributed by atoms with Crippen LogP contribution in [0, 0.1) is 0 Å². The average molecular weight is 238 g/mol. The number of thiocarbonyl (C=S) groups is 1. The minimum atomic E-state index is -1.02. The van der Waals surface area contributed by atoms with Crippen LogP contribution in [0.3, 0.4) is 0 Å². The number of benzene rings is 1. The van der Waals surface area contributed by atoms with Gasteiger partial charge in [0.25, 0.3) is 0 Å². The fourth-order valence-electron chi connectivity index (χ4n) is 1.30. The third-order valence-electron chi connectivity index (χ3n) is 2.32. The molecule has 5 heteroatoms. The highest BCUT2D eigenvalue weighted by Gasteiger charge is 2.21. The van der Waals surface area contributed by atoms with E-state index in [1.165, 1.54) is 4.90 Å². The van der Waals surface area contributed by atoms with Crippen LogP contribution in [-0.4, -0.2) is 27.1 Å². The first-order valence-electron chi connectivity index (χ1n) is 4.85. The van der Waals surface area contributed by atoms with Crippen molar-refractivity contribution in [3.05, 3.63) is 35.9 Å². The highest BCUT2D eigenvalue weighted by atomic mass is 32.1. The molecule has 0 heterocycles. The molecule has 1 atom stereocenters. The van der Waals surface area contributed by atoms with E-state index < -0.39 is 12.1 Å². The van der Waals surface area contributed by atoms with Crippen molar-refractivity contribution >= 4 is 23.3 Å². The minimum absolute atomic E-state index is 0.179.